The van der Waals surface area contributed by atoms with E-state index in [9.17, 15) is 0 Å². The lowest BCUT2D eigenvalue weighted by Crippen LogP contribution is -1.94. The van der Waals surface area contributed by atoms with Gasteiger partial charge in [0, 0.05) is 18.4 Å². The highest BCUT2D eigenvalue weighted by molar-refractivity contribution is 5.76. The summed E-state index contributed by atoms with van der Waals surface area (Å²) in [5.41, 5.74) is 7.88. The fraction of sp³-hybridized carbons (Fsp3) is 0.417. The number of ether oxygens (including phenoxy) is 1. The molecule has 1 aromatic heterocycles. The van der Waals surface area contributed by atoms with Gasteiger partial charge in [0.05, 0.1) is 0 Å². The van der Waals surface area contributed by atoms with Crippen LogP contribution in [0.1, 0.15) is 25.7 Å². The van der Waals surface area contributed by atoms with Crippen LogP contribution in [0.4, 0.5) is 5.69 Å². The first-order chi connectivity index (χ1) is 7.79. The van der Waals surface area contributed by atoms with E-state index in [-0.39, 0.29) is 0 Å². The van der Waals surface area contributed by atoms with Gasteiger partial charge in [-0.15, -0.1) is 0 Å². The molecule has 0 amide bonds. The predicted molar refractivity (Wildman–Crippen MR) is 63.0 cm³/mol. The molecular formula is C12H16N2O2. The second-order valence-corrected chi connectivity index (χ2v) is 3.74. The fourth-order valence-electron chi connectivity index (χ4n) is 1.46. The van der Waals surface area contributed by atoms with Crippen molar-refractivity contribution in [3.63, 3.8) is 0 Å². The van der Waals surface area contributed by atoms with E-state index >= 15 is 0 Å². The molecule has 0 bridgehead atoms. The number of nitrogen functional groups attached to an aromatic ring is 1. The highest BCUT2D eigenvalue weighted by atomic mass is 16.5. The van der Waals surface area contributed by atoms with Crippen LogP contribution >= 0.6 is 0 Å². The third-order valence-electron chi connectivity index (χ3n) is 2.32. The molecule has 2 N–H and O–H groups in total. The maximum absolute atomic E-state index is 5.65. The van der Waals surface area contributed by atoms with Crippen molar-refractivity contribution in [1.29, 1.82) is 0 Å². The van der Waals surface area contributed by atoms with Crippen LogP contribution < -0.4 is 5.73 Å². The summed E-state index contributed by atoms with van der Waals surface area (Å²) in [6.45, 7) is 3.30. The molecular weight excluding hydrogens is 204 g/mol. The van der Waals surface area contributed by atoms with Crippen molar-refractivity contribution < 1.29 is 9.15 Å². The van der Waals surface area contributed by atoms with Crippen LogP contribution in [0, 0.1) is 0 Å². The first kappa shape index (κ1) is 11.0. The average molecular weight is 220 g/mol. The van der Waals surface area contributed by atoms with Crippen molar-refractivity contribution in [2.75, 3.05) is 12.3 Å². The molecule has 0 radical (unpaired) electrons. The van der Waals surface area contributed by atoms with E-state index in [2.05, 4.69) is 11.9 Å². The summed E-state index contributed by atoms with van der Waals surface area (Å²) in [5.74, 6) is 0.608. The topological polar surface area (TPSA) is 61.3 Å². The van der Waals surface area contributed by atoms with Crippen molar-refractivity contribution in [3.05, 3.63) is 24.1 Å². The lowest BCUT2D eigenvalue weighted by Gasteiger charge is -1.98. The van der Waals surface area contributed by atoms with Gasteiger partial charge in [-0.05, 0) is 18.6 Å². The van der Waals surface area contributed by atoms with E-state index in [0.29, 0.717) is 23.8 Å². The molecule has 16 heavy (non-hydrogen) atoms. The molecule has 0 unspecified atom stereocenters. The van der Waals surface area contributed by atoms with Gasteiger partial charge in [0.15, 0.2) is 5.58 Å². The minimum Gasteiger partial charge on any atom is -0.438 e. The number of nitrogens with two attached hydrogens (primary N) is 1. The highest BCUT2D eigenvalue weighted by Gasteiger charge is 2.05. The van der Waals surface area contributed by atoms with Gasteiger partial charge in [-0.25, -0.2) is 4.98 Å². The standard InChI is InChI=1S/C12H16N2O2/c1-2-3-6-15-8-12-14-10-5-4-9(13)7-11(10)16-12/h4-5,7H,2-3,6,8,13H2,1H3. The normalized spacial score (nSPS) is 11.1. The minimum atomic E-state index is 0.425. The second kappa shape index (κ2) is 4.99. The molecule has 4 nitrogen and oxygen atoms in total. The number of unbranched alkanes of at least 4 members (excludes halogenated alkanes) is 1. The lowest BCUT2D eigenvalue weighted by atomic mass is 10.3. The van der Waals surface area contributed by atoms with Gasteiger partial charge in [0.1, 0.15) is 12.1 Å². The fourth-order valence-corrected chi connectivity index (χ4v) is 1.46. The van der Waals surface area contributed by atoms with Crippen molar-refractivity contribution in [1.82, 2.24) is 4.98 Å². The third kappa shape index (κ3) is 2.52. The van der Waals surface area contributed by atoms with E-state index in [4.69, 9.17) is 14.9 Å². The Morgan fingerprint density at radius 2 is 2.31 bits per heavy atom. The summed E-state index contributed by atoms with van der Waals surface area (Å²) in [6, 6.07) is 5.44. The largest absolute Gasteiger partial charge is 0.438 e. The molecule has 1 heterocycles. The van der Waals surface area contributed by atoms with E-state index in [1.165, 1.54) is 0 Å². The van der Waals surface area contributed by atoms with Gasteiger partial charge in [-0.3, -0.25) is 0 Å². The smallest absolute Gasteiger partial charge is 0.221 e. The summed E-state index contributed by atoms with van der Waals surface area (Å²) in [7, 11) is 0. The number of benzene rings is 1. The van der Waals surface area contributed by atoms with Crippen molar-refractivity contribution >= 4 is 16.8 Å². The highest BCUT2D eigenvalue weighted by Crippen LogP contribution is 2.18. The number of hydrogen-bond acceptors (Lipinski definition) is 4. The Balaban J connectivity index is 2.02. The molecule has 0 aliphatic rings. The van der Waals surface area contributed by atoms with E-state index in [1.54, 1.807) is 6.07 Å². The Bertz CT molecular complexity index is 465. The third-order valence-corrected chi connectivity index (χ3v) is 2.32. The first-order valence-corrected chi connectivity index (χ1v) is 5.52. The molecule has 0 aliphatic heterocycles. The number of hydrogen-bond donors (Lipinski definition) is 1. The molecule has 2 aromatic rings. The van der Waals surface area contributed by atoms with Gasteiger partial charge in [0.25, 0.3) is 0 Å². The Hall–Kier alpha value is -1.55. The number of rotatable bonds is 5. The van der Waals surface area contributed by atoms with Gasteiger partial charge in [-0.2, -0.15) is 0 Å². The summed E-state index contributed by atoms with van der Waals surface area (Å²) < 4.78 is 10.9. The summed E-state index contributed by atoms with van der Waals surface area (Å²) >= 11 is 0. The van der Waals surface area contributed by atoms with Crippen LogP contribution in [0.5, 0.6) is 0 Å². The molecule has 1 aromatic carbocycles. The lowest BCUT2D eigenvalue weighted by molar-refractivity contribution is 0.101. The number of aromatic nitrogens is 1. The van der Waals surface area contributed by atoms with Gasteiger partial charge >= 0.3 is 0 Å². The Morgan fingerprint density at radius 1 is 1.44 bits per heavy atom. The number of oxazole rings is 1. The van der Waals surface area contributed by atoms with Gasteiger partial charge in [0.2, 0.25) is 5.89 Å². The van der Waals surface area contributed by atoms with Crippen molar-refractivity contribution in [3.8, 4) is 0 Å². The van der Waals surface area contributed by atoms with E-state index in [1.807, 2.05) is 12.1 Å². The maximum atomic E-state index is 5.65. The number of nitrogens with zero attached hydrogens (tertiary/aromatic N) is 1. The van der Waals surface area contributed by atoms with Crippen molar-refractivity contribution in [2.45, 2.75) is 26.4 Å². The molecule has 0 fully saturated rings. The van der Waals surface area contributed by atoms with Crippen LogP contribution in [0.25, 0.3) is 11.1 Å². The minimum absolute atomic E-state index is 0.425. The van der Waals surface area contributed by atoms with Crippen LogP contribution in [-0.4, -0.2) is 11.6 Å². The molecule has 0 spiro atoms. The molecule has 2 rings (SSSR count). The maximum Gasteiger partial charge on any atom is 0.221 e. The van der Waals surface area contributed by atoms with Gasteiger partial charge in [-0.1, -0.05) is 13.3 Å². The zero-order chi connectivity index (χ0) is 11.4. The van der Waals surface area contributed by atoms with Gasteiger partial charge < -0.3 is 14.9 Å². The van der Waals surface area contributed by atoms with Crippen LogP contribution in [0.2, 0.25) is 0 Å². The molecule has 0 saturated carbocycles. The average Bonchev–Trinajstić information content (AvgIpc) is 2.66. The number of fused-ring (bicyclic) bond motifs is 1. The first-order valence-electron chi connectivity index (χ1n) is 5.52. The Kier molecular flexibility index (Phi) is 3.41. The van der Waals surface area contributed by atoms with E-state index < -0.39 is 0 Å². The zero-order valence-electron chi connectivity index (χ0n) is 9.40. The zero-order valence-corrected chi connectivity index (χ0v) is 9.40. The summed E-state index contributed by atoms with van der Waals surface area (Å²) in [5, 5.41) is 0. The Morgan fingerprint density at radius 3 is 3.12 bits per heavy atom. The molecule has 4 heteroatoms. The predicted octanol–water partition coefficient (Wildman–Crippen LogP) is 2.73. The van der Waals surface area contributed by atoms with Crippen molar-refractivity contribution in [2.24, 2.45) is 0 Å². The summed E-state index contributed by atoms with van der Waals surface area (Å²) in [4.78, 5) is 4.30. The molecule has 86 valence electrons. The number of anilines is 1. The van der Waals surface area contributed by atoms with Crippen LogP contribution in [0.3, 0.4) is 0 Å². The monoisotopic (exact) mass is 220 g/mol. The molecule has 0 saturated heterocycles. The Labute approximate surface area is 94.4 Å². The van der Waals surface area contributed by atoms with Crippen LogP contribution in [0.15, 0.2) is 22.6 Å². The van der Waals surface area contributed by atoms with Crippen LogP contribution in [-0.2, 0) is 11.3 Å². The summed E-state index contributed by atoms with van der Waals surface area (Å²) in [6.07, 6.45) is 2.19. The van der Waals surface area contributed by atoms with E-state index in [0.717, 1.165) is 25.0 Å². The SMILES string of the molecule is CCCCOCc1nc2ccc(N)cc2o1. The second-order valence-electron chi connectivity index (χ2n) is 3.74. The quantitative estimate of drug-likeness (QED) is 0.621. The molecule has 0 atom stereocenters. The molecule has 0 aliphatic carbocycles.